The van der Waals surface area contributed by atoms with E-state index in [9.17, 15) is 13.2 Å². The zero-order valence-corrected chi connectivity index (χ0v) is 10.5. The van der Waals surface area contributed by atoms with Crippen molar-refractivity contribution in [1.29, 1.82) is 0 Å². The minimum Gasteiger partial charge on any atom is -0.313 e. The normalized spacial score (nSPS) is 12.4. The van der Waals surface area contributed by atoms with Gasteiger partial charge in [-0.05, 0) is 25.1 Å². The first-order chi connectivity index (χ1) is 9.11. The van der Waals surface area contributed by atoms with Gasteiger partial charge in [0.15, 0.2) is 11.6 Å². The second-order valence-corrected chi connectivity index (χ2v) is 4.32. The molecule has 0 aliphatic rings. The third-order valence-corrected chi connectivity index (χ3v) is 3.05. The van der Waals surface area contributed by atoms with Crippen LogP contribution < -0.4 is 5.32 Å². The first-order valence-electron chi connectivity index (χ1n) is 5.97. The number of hydrogen-bond acceptors (Lipinski definition) is 1. The molecular weight excluding hydrogens is 251 g/mol. The molecule has 0 aliphatic heterocycles. The molecule has 0 saturated heterocycles. The summed E-state index contributed by atoms with van der Waals surface area (Å²) in [5.41, 5.74) is 1.12. The summed E-state index contributed by atoms with van der Waals surface area (Å²) >= 11 is 0. The van der Waals surface area contributed by atoms with Crippen molar-refractivity contribution < 1.29 is 13.2 Å². The Hall–Kier alpha value is -1.81. The molecule has 0 spiro atoms. The minimum absolute atomic E-state index is 0.130. The van der Waals surface area contributed by atoms with Crippen molar-refractivity contribution in [3.63, 3.8) is 0 Å². The molecule has 0 amide bonds. The number of rotatable bonds is 4. The van der Waals surface area contributed by atoms with E-state index in [1.165, 1.54) is 0 Å². The Kier molecular flexibility index (Phi) is 4.22. The van der Waals surface area contributed by atoms with Crippen LogP contribution in [0, 0.1) is 17.5 Å². The highest BCUT2D eigenvalue weighted by atomic mass is 19.2. The van der Waals surface area contributed by atoms with E-state index in [-0.39, 0.29) is 5.56 Å². The molecule has 0 aromatic heterocycles. The van der Waals surface area contributed by atoms with E-state index in [1.54, 1.807) is 7.05 Å². The van der Waals surface area contributed by atoms with Crippen LogP contribution in [0.4, 0.5) is 13.2 Å². The van der Waals surface area contributed by atoms with E-state index in [0.717, 1.165) is 11.6 Å². The van der Waals surface area contributed by atoms with Crippen molar-refractivity contribution in [2.45, 2.75) is 12.5 Å². The highest BCUT2D eigenvalue weighted by molar-refractivity contribution is 5.26. The molecule has 0 saturated carbocycles. The highest BCUT2D eigenvalue weighted by Gasteiger charge is 2.17. The summed E-state index contributed by atoms with van der Waals surface area (Å²) in [6, 6.07) is 10.5. The number of halogens is 3. The molecule has 0 heterocycles. The van der Waals surface area contributed by atoms with Crippen LogP contribution in [0.25, 0.3) is 0 Å². The number of benzene rings is 2. The summed E-state index contributed by atoms with van der Waals surface area (Å²) in [5.74, 6) is -2.95. The van der Waals surface area contributed by atoms with Crippen molar-refractivity contribution >= 4 is 0 Å². The van der Waals surface area contributed by atoms with Gasteiger partial charge in [-0.1, -0.05) is 30.3 Å². The Labute approximate surface area is 110 Å². The molecule has 2 aromatic rings. The Morgan fingerprint density at radius 1 is 0.947 bits per heavy atom. The van der Waals surface area contributed by atoms with Crippen LogP contribution in [0.2, 0.25) is 0 Å². The van der Waals surface area contributed by atoms with Gasteiger partial charge in [0.05, 0.1) is 0 Å². The Morgan fingerprint density at radius 3 is 2.21 bits per heavy atom. The van der Waals surface area contributed by atoms with Crippen LogP contribution in [0.1, 0.15) is 17.2 Å². The fourth-order valence-corrected chi connectivity index (χ4v) is 2.02. The molecule has 0 radical (unpaired) electrons. The van der Waals surface area contributed by atoms with Gasteiger partial charge >= 0.3 is 0 Å². The Morgan fingerprint density at radius 2 is 1.58 bits per heavy atom. The van der Waals surface area contributed by atoms with Crippen molar-refractivity contribution in [2.24, 2.45) is 0 Å². The number of nitrogens with one attached hydrogen (secondary N) is 1. The standard InChI is InChI=1S/C15H14F3N/c1-19-15(7-10-5-3-2-4-6-10)11-8-13(17)14(18)9-12(11)16/h2-6,8-9,15,19H,7H2,1H3. The molecule has 1 nitrogen and oxygen atoms in total. The predicted molar refractivity (Wildman–Crippen MR) is 68.3 cm³/mol. The molecule has 1 N–H and O–H groups in total. The Bertz CT molecular complexity index is 555. The van der Waals surface area contributed by atoms with Crippen LogP contribution >= 0.6 is 0 Å². The third-order valence-electron chi connectivity index (χ3n) is 3.05. The molecule has 2 aromatic carbocycles. The van der Waals surface area contributed by atoms with Crippen molar-refractivity contribution in [2.75, 3.05) is 7.05 Å². The van der Waals surface area contributed by atoms with Gasteiger partial charge in [-0.3, -0.25) is 0 Å². The number of likely N-dealkylation sites (N-methyl/N-ethyl adjacent to an activating group) is 1. The van der Waals surface area contributed by atoms with E-state index < -0.39 is 23.5 Å². The fraction of sp³-hybridized carbons (Fsp3) is 0.200. The molecule has 4 heteroatoms. The van der Waals surface area contributed by atoms with Gasteiger partial charge in [0.2, 0.25) is 0 Å². The molecule has 0 bridgehead atoms. The maximum atomic E-state index is 13.7. The second kappa shape index (κ2) is 5.89. The smallest absolute Gasteiger partial charge is 0.161 e. The van der Waals surface area contributed by atoms with E-state index in [0.29, 0.717) is 12.5 Å². The summed E-state index contributed by atoms with van der Waals surface area (Å²) < 4.78 is 39.9. The van der Waals surface area contributed by atoms with Crippen LogP contribution in [0.15, 0.2) is 42.5 Å². The topological polar surface area (TPSA) is 12.0 Å². The van der Waals surface area contributed by atoms with Gasteiger partial charge in [-0.2, -0.15) is 0 Å². The van der Waals surface area contributed by atoms with Gasteiger partial charge < -0.3 is 5.32 Å². The van der Waals surface area contributed by atoms with Gasteiger partial charge in [-0.25, -0.2) is 13.2 Å². The quantitative estimate of drug-likeness (QED) is 0.833. The first kappa shape index (κ1) is 13.6. The van der Waals surface area contributed by atoms with Gasteiger partial charge in [0.25, 0.3) is 0 Å². The largest absolute Gasteiger partial charge is 0.313 e. The monoisotopic (exact) mass is 265 g/mol. The molecule has 0 fully saturated rings. The van der Waals surface area contributed by atoms with E-state index >= 15 is 0 Å². The lowest BCUT2D eigenvalue weighted by Crippen LogP contribution is -2.20. The fourth-order valence-electron chi connectivity index (χ4n) is 2.02. The minimum atomic E-state index is -1.17. The van der Waals surface area contributed by atoms with Crippen LogP contribution in [-0.2, 0) is 6.42 Å². The predicted octanol–water partition coefficient (Wildman–Crippen LogP) is 3.61. The number of hydrogen-bond donors (Lipinski definition) is 1. The van der Waals surface area contributed by atoms with E-state index in [2.05, 4.69) is 5.32 Å². The van der Waals surface area contributed by atoms with Crippen molar-refractivity contribution in [1.82, 2.24) is 5.32 Å². The molecule has 1 unspecified atom stereocenters. The highest BCUT2D eigenvalue weighted by Crippen LogP contribution is 2.23. The van der Waals surface area contributed by atoms with Crippen LogP contribution in [0.3, 0.4) is 0 Å². The summed E-state index contributed by atoms with van der Waals surface area (Å²) in [6.07, 6.45) is 0.499. The van der Waals surface area contributed by atoms with Gasteiger partial charge in [-0.15, -0.1) is 0 Å². The average molecular weight is 265 g/mol. The van der Waals surface area contributed by atoms with Crippen LogP contribution in [-0.4, -0.2) is 7.05 Å². The van der Waals surface area contributed by atoms with E-state index in [4.69, 9.17) is 0 Å². The zero-order valence-electron chi connectivity index (χ0n) is 10.5. The molecular formula is C15H14F3N. The summed E-state index contributed by atoms with van der Waals surface area (Å²) in [7, 11) is 1.66. The lowest BCUT2D eigenvalue weighted by molar-refractivity contribution is 0.474. The Balaban J connectivity index is 2.30. The van der Waals surface area contributed by atoms with E-state index in [1.807, 2.05) is 30.3 Å². The summed E-state index contributed by atoms with van der Waals surface area (Å²) in [5, 5.41) is 2.93. The van der Waals surface area contributed by atoms with Gasteiger partial charge in [0.1, 0.15) is 5.82 Å². The average Bonchev–Trinajstić information content (AvgIpc) is 2.42. The molecule has 0 aliphatic carbocycles. The lowest BCUT2D eigenvalue weighted by Gasteiger charge is -2.17. The zero-order chi connectivity index (χ0) is 13.8. The van der Waals surface area contributed by atoms with Crippen molar-refractivity contribution in [3.05, 3.63) is 71.0 Å². The molecule has 1 atom stereocenters. The molecule has 100 valence electrons. The summed E-state index contributed by atoms with van der Waals surface area (Å²) in [4.78, 5) is 0. The molecule has 19 heavy (non-hydrogen) atoms. The van der Waals surface area contributed by atoms with Gasteiger partial charge in [0, 0.05) is 17.7 Å². The molecule has 2 rings (SSSR count). The maximum Gasteiger partial charge on any atom is 0.161 e. The first-order valence-corrected chi connectivity index (χ1v) is 5.97. The SMILES string of the molecule is CNC(Cc1ccccc1)c1cc(F)c(F)cc1F. The lowest BCUT2D eigenvalue weighted by atomic mass is 9.98. The second-order valence-electron chi connectivity index (χ2n) is 4.32. The maximum absolute atomic E-state index is 13.7. The van der Waals surface area contributed by atoms with Crippen molar-refractivity contribution in [3.8, 4) is 0 Å². The van der Waals surface area contributed by atoms with Crippen LogP contribution in [0.5, 0.6) is 0 Å². The summed E-state index contributed by atoms with van der Waals surface area (Å²) in [6.45, 7) is 0. The third kappa shape index (κ3) is 3.15.